The number of nitrogens with one attached hydrogen (secondary N) is 1. The second-order valence-corrected chi connectivity index (χ2v) is 4.98. The predicted octanol–water partition coefficient (Wildman–Crippen LogP) is 0.197. The van der Waals surface area contributed by atoms with Gasteiger partial charge in [0.05, 0.1) is 10.7 Å². The summed E-state index contributed by atoms with van der Waals surface area (Å²) in [6.45, 7) is 1.99. The Labute approximate surface area is 104 Å². The normalized spacial score (nSPS) is 12.9. The Hall–Kier alpha value is -1.31. The van der Waals surface area contributed by atoms with Crippen molar-refractivity contribution in [2.24, 2.45) is 12.9 Å². The topological polar surface area (TPSA) is 81.7 Å². The maximum absolute atomic E-state index is 5.55. The molecule has 0 spiro atoms. The maximum atomic E-state index is 5.55. The molecule has 1 unspecified atom stereocenters. The van der Waals surface area contributed by atoms with E-state index in [0.717, 1.165) is 29.2 Å². The molecule has 6 nitrogen and oxygen atoms in total. The molecule has 0 amide bonds. The first-order chi connectivity index (χ1) is 8.17. The second-order valence-electron chi connectivity index (χ2n) is 4.04. The largest absolute Gasteiger partial charge is 0.271 e. The van der Waals surface area contributed by atoms with Crippen molar-refractivity contribution in [1.82, 2.24) is 25.4 Å². The van der Waals surface area contributed by atoms with Crippen LogP contribution >= 0.6 is 11.3 Å². The molecular weight excluding hydrogens is 236 g/mol. The number of rotatable bonds is 5. The highest BCUT2D eigenvalue weighted by atomic mass is 32.1. The van der Waals surface area contributed by atoms with Crippen LogP contribution < -0.4 is 11.3 Å². The van der Waals surface area contributed by atoms with Crippen LogP contribution in [-0.2, 0) is 19.9 Å². The number of hydrogen-bond acceptors (Lipinski definition) is 6. The zero-order chi connectivity index (χ0) is 12.3. The summed E-state index contributed by atoms with van der Waals surface area (Å²) in [5.41, 5.74) is 4.80. The van der Waals surface area contributed by atoms with E-state index < -0.39 is 0 Å². The molecule has 0 aliphatic rings. The van der Waals surface area contributed by atoms with Crippen LogP contribution in [0.5, 0.6) is 0 Å². The van der Waals surface area contributed by atoms with Crippen LogP contribution in [0, 0.1) is 6.92 Å². The maximum Gasteiger partial charge on any atom is 0.0944 e. The lowest BCUT2D eigenvalue weighted by molar-refractivity contribution is 0.516. The summed E-state index contributed by atoms with van der Waals surface area (Å²) in [5.74, 6) is 5.55. The first kappa shape index (κ1) is 12.2. The molecule has 3 N–H and O–H groups in total. The quantitative estimate of drug-likeness (QED) is 0.587. The third-order valence-corrected chi connectivity index (χ3v) is 3.42. The van der Waals surface area contributed by atoms with Crippen LogP contribution in [0.3, 0.4) is 0 Å². The van der Waals surface area contributed by atoms with Gasteiger partial charge in [0, 0.05) is 43.2 Å². The minimum absolute atomic E-state index is 0.136. The minimum atomic E-state index is 0.136. The molecule has 0 aromatic carbocycles. The van der Waals surface area contributed by atoms with Crippen molar-refractivity contribution in [1.29, 1.82) is 0 Å². The van der Waals surface area contributed by atoms with Gasteiger partial charge in [0.25, 0.3) is 0 Å². The van der Waals surface area contributed by atoms with E-state index in [0.29, 0.717) is 0 Å². The lowest BCUT2D eigenvalue weighted by atomic mass is 10.1. The van der Waals surface area contributed by atoms with Gasteiger partial charge in [0.2, 0.25) is 0 Å². The van der Waals surface area contributed by atoms with Gasteiger partial charge >= 0.3 is 0 Å². The molecule has 2 aromatic heterocycles. The molecule has 0 radical (unpaired) electrons. The Morgan fingerprint density at radius 3 is 2.88 bits per heavy atom. The van der Waals surface area contributed by atoms with E-state index in [9.17, 15) is 0 Å². The second kappa shape index (κ2) is 5.35. The first-order valence-corrected chi connectivity index (χ1v) is 6.27. The highest BCUT2D eigenvalue weighted by Gasteiger charge is 2.13. The lowest BCUT2D eigenvalue weighted by Gasteiger charge is -2.12. The number of hydrogen-bond donors (Lipinski definition) is 2. The fourth-order valence-corrected chi connectivity index (χ4v) is 2.49. The first-order valence-electron chi connectivity index (χ1n) is 5.39. The van der Waals surface area contributed by atoms with Crippen molar-refractivity contribution in [3.8, 4) is 0 Å². The standard InChI is InChI=1S/C10H16N6S/c1-7-6-17-10(12-7)4-8(13-11)3-9-5-16(2)15-14-9/h5-6,8,13H,3-4,11H2,1-2H3. The highest BCUT2D eigenvalue weighted by Crippen LogP contribution is 2.12. The molecule has 2 rings (SSSR count). The Bertz CT molecular complexity index is 434. The van der Waals surface area contributed by atoms with Gasteiger partial charge in [0.15, 0.2) is 0 Å². The van der Waals surface area contributed by atoms with Crippen LogP contribution in [-0.4, -0.2) is 26.0 Å². The predicted molar refractivity (Wildman–Crippen MR) is 66.4 cm³/mol. The fourth-order valence-electron chi connectivity index (χ4n) is 1.64. The Morgan fingerprint density at radius 2 is 2.35 bits per heavy atom. The third-order valence-electron chi connectivity index (χ3n) is 2.43. The van der Waals surface area contributed by atoms with Gasteiger partial charge in [-0.3, -0.25) is 16.0 Å². The lowest BCUT2D eigenvalue weighted by Crippen LogP contribution is -2.38. The van der Waals surface area contributed by atoms with Crippen molar-refractivity contribution in [2.45, 2.75) is 25.8 Å². The summed E-state index contributed by atoms with van der Waals surface area (Å²) in [6, 6.07) is 0.136. The van der Waals surface area contributed by atoms with E-state index in [1.165, 1.54) is 0 Å². The zero-order valence-electron chi connectivity index (χ0n) is 9.92. The zero-order valence-corrected chi connectivity index (χ0v) is 10.7. The van der Waals surface area contributed by atoms with E-state index >= 15 is 0 Å². The third kappa shape index (κ3) is 3.32. The van der Waals surface area contributed by atoms with Crippen LogP contribution in [0.2, 0.25) is 0 Å². The summed E-state index contributed by atoms with van der Waals surface area (Å²) in [7, 11) is 1.85. The summed E-state index contributed by atoms with van der Waals surface area (Å²) >= 11 is 1.66. The van der Waals surface area contributed by atoms with Gasteiger partial charge < -0.3 is 0 Å². The van der Waals surface area contributed by atoms with Gasteiger partial charge in [-0.2, -0.15) is 0 Å². The number of nitrogens with two attached hydrogens (primary N) is 1. The van der Waals surface area contributed by atoms with Gasteiger partial charge in [-0.15, -0.1) is 16.4 Å². The molecule has 17 heavy (non-hydrogen) atoms. The minimum Gasteiger partial charge on any atom is -0.271 e. The van der Waals surface area contributed by atoms with Crippen molar-refractivity contribution < 1.29 is 0 Å². The number of aryl methyl sites for hydroxylation is 2. The average molecular weight is 252 g/mol. The summed E-state index contributed by atoms with van der Waals surface area (Å²) in [5, 5.41) is 11.1. The molecule has 92 valence electrons. The number of thiazole rings is 1. The van der Waals surface area contributed by atoms with E-state index in [1.54, 1.807) is 16.0 Å². The molecule has 0 saturated carbocycles. The summed E-state index contributed by atoms with van der Waals surface area (Å²) in [4.78, 5) is 4.43. The molecule has 1 atom stereocenters. The molecule has 2 heterocycles. The molecule has 0 aliphatic heterocycles. The molecule has 0 aliphatic carbocycles. The van der Waals surface area contributed by atoms with Gasteiger partial charge in [-0.25, -0.2) is 4.98 Å². The van der Waals surface area contributed by atoms with Gasteiger partial charge in [0.1, 0.15) is 0 Å². The van der Waals surface area contributed by atoms with Gasteiger partial charge in [-0.1, -0.05) is 5.21 Å². The van der Waals surface area contributed by atoms with Crippen molar-refractivity contribution in [3.05, 3.63) is 28.0 Å². The number of aromatic nitrogens is 4. The Kier molecular flexibility index (Phi) is 3.82. The van der Waals surface area contributed by atoms with Crippen molar-refractivity contribution in [3.63, 3.8) is 0 Å². The fraction of sp³-hybridized carbons (Fsp3) is 0.500. The summed E-state index contributed by atoms with van der Waals surface area (Å²) < 4.78 is 1.69. The molecule has 2 aromatic rings. The van der Waals surface area contributed by atoms with Crippen LogP contribution in [0.4, 0.5) is 0 Å². The molecule has 0 saturated heterocycles. The average Bonchev–Trinajstić information content (AvgIpc) is 2.87. The van der Waals surface area contributed by atoms with Crippen molar-refractivity contribution in [2.75, 3.05) is 0 Å². The van der Waals surface area contributed by atoms with Crippen LogP contribution in [0.1, 0.15) is 16.4 Å². The molecular formula is C10H16N6S. The smallest absolute Gasteiger partial charge is 0.0944 e. The van der Waals surface area contributed by atoms with E-state index in [1.807, 2.05) is 25.5 Å². The van der Waals surface area contributed by atoms with E-state index in [-0.39, 0.29) is 6.04 Å². The SMILES string of the molecule is Cc1csc(CC(Cc2cn(C)nn2)NN)n1. The monoisotopic (exact) mass is 252 g/mol. The molecule has 0 bridgehead atoms. The van der Waals surface area contributed by atoms with E-state index in [2.05, 4.69) is 20.7 Å². The van der Waals surface area contributed by atoms with E-state index in [4.69, 9.17) is 5.84 Å². The highest BCUT2D eigenvalue weighted by molar-refractivity contribution is 7.09. The van der Waals surface area contributed by atoms with Gasteiger partial charge in [-0.05, 0) is 6.92 Å². The molecule has 0 fully saturated rings. The Morgan fingerprint density at radius 1 is 1.53 bits per heavy atom. The number of hydrazine groups is 1. The summed E-state index contributed by atoms with van der Waals surface area (Å²) in [6.07, 6.45) is 3.46. The van der Waals surface area contributed by atoms with Crippen molar-refractivity contribution >= 4 is 11.3 Å². The number of nitrogens with zero attached hydrogens (tertiary/aromatic N) is 4. The molecule has 7 heteroatoms. The van der Waals surface area contributed by atoms with Crippen LogP contribution in [0.15, 0.2) is 11.6 Å². The van der Waals surface area contributed by atoms with Crippen LogP contribution in [0.25, 0.3) is 0 Å². The Balaban J connectivity index is 1.97.